The second-order valence-corrected chi connectivity index (χ2v) is 3.46. The summed E-state index contributed by atoms with van der Waals surface area (Å²) >= 11 is 0. The van der Waals surface area contributed by atoms with Gasteiger partial charge in [0.2, 0.25) is 0 Å². The van der Waals surface area contributed by atoms with Crippen LogP contribution in [0.3, 0.4) is 0 Å². The molecule has 0 saturated carbocycles. The molecule has 2 heterocycles. The topological polar surface area (TPSA) is 92.3 Å². The van der Waals surface area contributed by atoms with Gasteiger partial charge in [-0.05, 0) is 0 Å². The van der Waals surface area contributed by atoms with Crippen LogP contribution >= 0.6 is 0 Å². The van der Waals surface area contributed by atoms with Crippen LogP contribution in [0, 0.1) is 0 Å². The Morgan fingerprint density at radius 3 is 3.00 bits per heavy atom. The minimum absolute atomic E-state index is 0.458. The summed E-state index contributed by atoms with van der Waals surface area (Å²) in [6.07, 6.45) is 1.73. The van der Waals surface area contributed by atoms with Crippen LogP contribution in [0.2, 0.25) is 0 Å². The van der Waals surface area contributed by atoms with Crippen molar-refractivity contribution in [2.24, 2.45) is 0 Å². The number of fused-ring (bicyclic) bond motifs is 1. The third-order valence-corrected chi connectivity index (χ3v) is 2.37. The summed E-state index contributed by atoms with van der Waals surface area (Å²) in [5.41, 5.74) is 0. The Hall–Kier alpha value is -2.57. The predicted octanol–water partition coefficient (Wildman–Crippen LogP) is 0.755. The molecule has 0 bridgehead atoms. The number of tetrazole rings is 1. The number of rotatable bonds is 3. The number of hydrogen-bond acceptors (Lipinski definition) is 6. The van der Waals surface area contributed by atoms with Gasteiger partial charge in [-0.3, -0.25) is 0 Å². The smallest absolute Gasteiger partial charge is 0.193 e. The molecule has 0 aliphatic heterocycles. The molecular formula is C10H9N7. The SMILES string of the molecule is c1ccc2c(NCc3nn[nH]n3)nncc2c1. The molecule has 3 rings (SSSR count). The molecule has 1 aromatic carbocycles. The number of nitrogens with one attached hydrogen (secondary N) is 2. The second kappa shape index (κ2) is 4.12. The molecule has 0 aliphatic rings. The van der Waals surface area contributed by atoms with Gasteiger partial charge in [0.15, 0.2) is 11.6 Å². The van der Waals surface area contributed by atoms with Gasteiger partial charge in [-0.15, -0.1) is 15.3 Å². The van der Waals surface area contributed by atoms with E-state index in [4.69, 9.17) is 0 Å². The van der Waals surface area contributed by atoms with Gasteiger partial charge in [-0.1, -0.05) is 29.5 Å². The highest BCUT2D eigenvalue weighted by atomic mass is 15.5. The standard InChI is InChI=1S/C10H9N7/c1-2-4-8-7(3-1)5-12-15-10(8)11-6-9-13-16-17-14-9/h1-5H,6H2,(H,11,15)(H,13,14,16,17). The molecule has 0 atom stereocenters. The third-order valence-electron chi connectivity index (χ3n) is 2.37. The Morgan fingerprint density at radius 1 is 1.18 bits per heavy atom. The third kappa shape index (κ3) is 1.89. The van der Waals surface area contributed by atoms with Crippen molar-refractivity contribution in [1.29, 1.82) is 0 Å². The summed E-state index contributed by atoms with van der Waals surface area (Å²) in [7, 11) is 0. The normalized spacial score (nSPS) is 10.6. The van der Waals surface area contributed by atoms with Gasteiger partial charge < -0.3 is 5.32 Å². The van der Waals surface area contributed by atoms with E-state index in [1.54, 1.807) is 6.20 Å². The highest BCUT2D eigenvalue weighted by molar-refractivity contribution is 5.90. The summed E-state index contributed by atoms with van der Waals surface area (Å²) in [5.74, 6) is 1.30. The lowest BCUT2D eigenvalue weighted by Gasteiger charge is -2.05. The number of aromatic nitrogens is 6. The summed E-state index contributed by atoms with van der Waals surface area (Å²) in [4.78, 5) is 0. The number of aromatic amines is 1. The lowest BCUT2D eigenvalue weighted by Crippen LogP contribution is -2.04. The minimum atomic E-state index is 0.458. The van der Waals surface area contributed by atoms with Crippen molar-refractivity contribution in [3.05, 3.63) is 36.3 Å². The van der Waals surface area contributed by atoms with Crippen LogP contribution in [-0.2, 0) is 6.54 Å². The number of H-pyrrole nitrogens is 1. The largest absolute Gasteiger partial charge is 0.361 e. The van der Waals surface area contributed by atoms with Crippen LogP contribution in [0.1, 0.15) is 5.82 Å². The minimum Gasteiger partial charge on any atom is -0.361 e. The van der Waals surface area contributed by atoms with E-state index in [1.807, 2.05) is 24.3 Å². The van der Waals surface area contributed by atoms with Crippen molar-refractivity contribution in [2.75, 3.05) is 5.32 Å². The van der Waals surface area contributed by atoms with E-state index in [0.717, 1.165) is 10.8 Å². The van der Waals surface area contributed by atoms with Gasteiger partial charge in [0.25, 0.3) is 0 Å². The number of nitrogens with zero attached hydrogens (tertiary/aromatic N) is 5. The Kier molecular flexibility index (Phi) is 2.34. The van der Waals surface area contributed by atoms with Crippen LogP contribution in [0.4, 0.5) is 5.82 Å². The first-order valence-corrected chi connectivity index (χ1v) is 5.10. The Bertz CT molecular complexity index is 614. The first kappa shape index (κ1) is 9.64. The summed E-state index contributed by atoms with van der Waals surface area (Å²) in [6.45, 7) is 0.458. The fraction of sp³-hybridized carbons (Fsp3) is 0.100. The maximum absolute atomic E-state index is 4.06. The molecule has 7 nitrogen and oxygen atoms in total. The summed E-state index contributed by atoms with van der Waals surface area (Å²) in [5, 5.41) is 26.8. The molecule has 84 valence electrons. The molecule has 2 N–H and O–H groups in total. The first-order valence-electron chi connectivity index (χ1n) is 5.10. The lowest BCUT2D eigenvalue weighted by atomic mass is 10.2. The highest BCUT2D eigenvalue weighted by Crippen LogP contribution is 2.19. The highest BCUT2D eigenvalue weighted by Gasteiger charge is 2.03. The summed E-state index contributed by atoms with van der Waals surface area (Å²) in [6, 6.07) is 7.91. The molecule has 0 fully saturated rings. The second-order valence-electron chi connectivity index (χ2n) is 3.46. The molecule has 0 unspecified atom stereocenters. The Labute approximate surface area is 96.3 Å². The lowest BCUT2D eigenvalue weighted by molar-refractivity contribution is 0.881. The Balaban J connectivity index is 1.90. The van der Waals surface area contributed by atoms with Gasteiger partial charge in [0.1, 0.15) is 0 Å². The van der Waals surface area contributed by atoms with Crippen molar-refractivity contribution in [3.8, 4) is 0 Å². The Morgan fingerprint density at radius 2 is 2.12 bits per heavy atom. The van der Waals surface area contributed by atoms with E-state index in [2.05, 4.69) is 36.1 Å². The molecule has 0 radical (unpaired) electrons. The monoisotopic (exact) mass is 227 g/mol. The van der Waals surface area contributed by atoms with Gasteiger partial charge in [-0.2, -0.15) is 10.3 Å². The zero-order valence-electron chi connectivity index (χ0n) is 8.83. The van der Waals surface area contributed by atoms with E-state index in [-0.39, 0.29) is 0 Å². The maximum Gasteiger partial charge on any atom is 0.193 e. The molecule has 0 aliphatic carbocycles. The molecule has 3 aromatic rings. The van der Waals surface area contributed by atoms with Crippen molar-refractivity contribution < 1.29 is 0 Å². The number of hydrogen-bond donors (Lipinski definition) is 2. The predicted molar refractivity (Wildman–Crippen MR) is 61.0 cm³/mol. The molecule has 0 amide bonds. The van der Waals surface area contributed by atoms with E-state index >= 15 is 0 Å². The van der Waals surface area contributed by atoms with Crippen molar-refractivity contribution >= 4 is 16.6 Å². The molecule has 17 heavy (non-hydrogen) atoms. The van der Waals surface area contributed by atoms with Crippen LogP contribution in [0.5, 0.6) is 0 Å². The van der Waals surface area contributed by atoms with Crippen molar-refractivity contribution in [2.45, 2.75) is 6.54 Å². The average molecular weight is 227 g/mol. The van der Waals surface area contributed by atoms with Gasteiger partial charge in [0.05, 0.1) is 12.7 Å². The van der Waals surface area contributed by atoms with Gasteiger partial charge >= 0.3 is 0 Å². The van der Waals surface area contributed by atoms with E-state index in [1.165, 1.54) is 0 Å². The van der Waals surface area contributed by atoms with Gasteiger partial charge in [0, 0.05) is 10.8 Å². The summed E-state index contributed by atoms with van der Waals surface area (Å²) < 4.78 is 0. The zero-order chi connectivity index (χ0) is 11.5. The quantitative estimate of drug-likeness (QED) is 0.686. The number of benzene rings is 1. The zero-order valence-corrected chi connectivity index (χ0v) is 8.83. The molecular weight excluding hydrogens is 218 g/mol. The fourth-order valence-electron chi connectivity index (χ4n) is 1.58. The van der Waals surface area contributed by atoms with E-state index in [0.29, 0.717) is 18.2 Å². The van der Waals surface area contributed by atoms with Crippen LogP contribution in [0.15, 0.2) is 30.5 Å². The fourth-order valence-corrected chi connectivity index (χ4v) is 1.58. The van der Waals surface area contributed by atoms with Crippen molar-refractivity contribution in [1.82, 2.24) is 30.8 Å². The maximum atomic E-state index is 4.06. The molecule has 0 spiro atoms. The molecule has 7 heteroatoms. The van der Waals surface area contributed by atoms with Gasteiger partial charge in [-0.25, -0.2) is 0 Å². The average Bonchev–Trinajstić information content (AvgIpc) is 2.89. The van der Waals surface area contributed by atoms with Crippen LogP contribution in [-0.4, -0.2) is 30.8 Å². The van der Waals surface area contributed by atoms with Crippen molar-refractivity contribution in [3.63, 3.8) is 0 Å². The molecule has 0 saturated heterocycles. The van der Waals surface area contributed by atoms with Crippen LogP contribution in [0.25, 0.3) is 10.8 Å². The van der Waals surface area contributed by atoms with E-state index in [9.17, 15) is 0 Å². The van der Waals surface area contributed by atoms with E-state index < -0.39 is 0 Å². The van der Waals surface area contributed by atoms with Crippen LogP contribution < -0.4 is 5.32 Å². The number of anilines is 1. The molecule has 2 aromatic heterocycles. The first-order chi connectivity index (χ1) is 8.43.